The highest BCUT2D eigenvalue weighted by molar-refractivity contribution is 6.21. The number of carbonyl (C=O) groups is 4. The minimum absolute atomic E-state index is 0.0582. The molecule has 1 atom stereocenters. The van der Waals surface area contributed by atoms with E-state index in [0.717, 1.165) is 15.6 Å². The fourth-order valence-electron chi connectivity index (χ4n) is 3.79. The first-order valence-corrected chi connectivity index (χ1v) is 10.7. The topological polar surface area (TPSA) is 96.0 Å². The van der Waals surface area contributed by atoms with E-state index in [0.29, 0.717) is 5.56 Å². The number of amides is 4. The van der Waals surface area contributed by atoms with Crippen LogP contribution >= 0.6 is 0 Å². The Morgan fingerprint density at radius 2 is 1.32 bits per heavy atom. The van der Waals surface area contributed by atoms with Gasteiger partial charge in [0.1, 0.15) is 6.04 Å². The van der Waals surface area contributed by atoms with Crippen LogP contribution in [0.2, 0.25) is 0 Å². The van der Waals surface area contributed by atoms with E-state index in [1.54, 1.807) is 48.5 Å². The molecule has 0 aliphatic carbocycles. The van der Waals surface area contributed by atoms with Gasteiger partial charge in [-0.25, -0.2) is 14.6 Å². The number of ether oxygens (including phenoxy) is 1. The SMILES string of the molecule is COC(=O)C(Cc1ccccc1)NC(=O)N(Cc1ccccc1)N1C(=O)c2ccccc2C1=O. The fourth-order valence-corrected chi connectivity index (χ4v) is 3.79. The van der Waals surface area contributed by atoms with Gasteiger partial charge in [0.25, 0.3) is 11.8 Å². The molecule has 4 amide bonds. The molecule has 1 unspecified atom stereocenters. The van der Waals surface area contributed by atoms with E-state index in [4.69, 9.17) is 4.74 Å². The summed E-state index contributed by atoms with van der Waals surface area (Å²) < 4.78 is 4.88. The molecule has 172 valence electrons. The van der Waals surface area contributed by atoms with Crippen molar-refractivity contribution in [3.63, 3.8) is 0 Å². The molecular weight excluding hydrogens is 434 g/mol. The molecule has 0 saturated heterocycles. The summed E-state index contributed by atoms with van der Waals surface area (Å²) in [5.41, 5.74) is 1.94. The molecule has 3 aromatic rings. The second-order valence-electron chi connectivity index (χ2n) is 7.73. The minimum Gasteiger partial charge on any atom is -0.467 e. The Balaban J connectivity index is 1.64. The van der Waals surface area contributed by atoms with E-state index in [1.807, 2.05) is 36.4 Å². The lowest BCUT2D eigenvalue weighted by atomic mass is 10.1. The van der Waals surface area contributed by atoms with Gasteiger partial charge in [0.05, 0.1) is 24.8 Å². The van der Waals surface area contributed by atoms with Gasteiger partial charge in [-0.05, 0) is 23.3 Å². The Bertz CT molecular complexity index is 1180. The number of fused-ring (bicyclic) bond motifs is 1. The maximum absolute atomic E-state index is 13.5. The quantitative estimate of drug-likeness (QED) is 0.434. The summed E-state index contributed by atoms with van der Waals surface area (Å²) in [5.74, 6) is -1.85. The summed E-state index contributed by atoms with van der Waals surface area (Å²) in [4.78, 5) is 52.1. The number of methoxy groups -OCH3 is 1. The molecule has 0 aromatic heterocycles. The van der Waals surface area contributed by atoms with Gasteiger partial charge in [0.2, 0.25) is 0 Å². The summed E-state index contributed by atoms with van der Waals surface area (Å²) in [7, 11) is 1.23. The van der Waals surface area contributed by atoms with Crippen molar-refractivity contribution in [1.82, 2.24) is 15.3 Å². The lowest BCUT2D eigenvalue weighted by Gasteiger charge is -2.31. The van der Waals surface area contributed by atoms with E-state index in [2.05, 4.69) is 5.32 Å². The maximum atomic E-state index is 13.5. The summed E-state index contributed by atoms with van der Waals surface area (Å²) in [6, 6.07) is 22.7. The molecule has 4 rings (SSSR count). The van der Waals surface area contributed by atoms with Crippen molar-refractivity contribution in [3.8, 4) is 0 Å². The molecule has 1 aliphatic heterocycles. The highest BCUT2D eigenvalue weighted by Crippen LogP contribution is 2.25. The Morgan fingerprint density at radius 1 is 0.824 bits per heavy atom. The largest absolute Gasteiger partial charge is 0.467 e. The molecule has 0 bridgehead atoms. The lowest BCUT2D eigenvalue weighted by molar-refractivity contribution is -0.142. The smallest absolute Gasteiger partial charge is 0.337 e. The molecule has 8 heteroatoms. The average Bonchev–Trinajstić information content (AvgIpc) is 3.12. The van der Waals surface area contributed by atoms with Crippen molar-refractivity contribution >= 4 is 23.8 Å². The van der Waals surface area contributed by atoms with Gasteiger partial charge in [0.15, 0.2) is 0 Å². The maximum Gasteiger partial charge on any atom is 0.337 e. The van der Waals surface area contributed by atoms with Crippen LogP contribution in [-0.2, 0) is 22.5 Å². The third kappa shape index (κ3) is 4.66. The third-order valence-corrected chi connectivity index (χ3v) is 5.49. The summed E-state index contributed by atoms with van der Waals surface area (Å²) in [5, 5.41) is 4.50. The van der Waals surface area contributed by atoms with Crippen LogP contribution in [0, 0.1) is 0 Å². The third-order valence-electron chi connectivity index (χ3n) is 5.49. The van der Waals surface area contributed by atoms with Gasteiger partial charge in [-0.2, -0.15) is 5.01 Å². The summed E-state index contributed by atoms with van der Waals surface area (Å²) in [6.07, 6.45) is 0.181. The number of hydrazine groups is 1. The zero-order chi connectivity index (χ0) is 24.1. The number of benzene rings is 3. The van der Waals surface area contributed by atoms with Crippen molar-refractivity contribution in [3.05, 3.63) is 107 Å². The van der Waals surface area contributed by atoms with E-state index in [1.165, 1.54) is 7.11 Å². The predicted octanol–water partition coefficient (Wildman–Crippen LogP) is 3.19. The van der Waals surface area contributed by atoms with Crippen LogP contribution in [0.25, 0.3) is 0 Å². The molecule has 8 nitrogen and oxygen atoms in total. The van der Waals surface area contributed by atoms with Gasteiger partial charge in [-0.3, -0.25) is 9.59 Å². The molecule has 1 aliphatic rings. The van der Waals surface area contributed by atoms with Crippen LogP contribution in [0.15, 0.2) is 84.9 Å². The number of nitrogens with one attached hydrogen (secondary N) is 1. The van der Waals surface area contributed by atoms with Crippen molar-refractivity contribution in [2.45, 2.75) is 19.0 Å². The minimum atomic E-state index is -1.02. The van der Waals surface area contributed by atoms with Crippen LogP contribution in [0.1, 0.15) is 31.8 Å². The van der Waals surface area contributed by atoms with Gasteiger partial charge in [0, 0.05) is 6.42 Å². The van der Waals surface area contributed by atoms with Gasteiger partial charge >= 0.3 is 12.0 Å². The molecule has 3 aromatic carbocycles. The number of carbonyl (C=O) groups excluding carboxylic acids is 4. The molecule has 1 heterocycles. The number of urea groups is 1. The molecule has 34 heavy (non-hydrogen) atoms. The normalized spacial score (nSPS) is 13.3. The fraction of sp³-hybridized carbons (Fsp3) is 0.154. The van der Waals surface area contributed by atoms with E-state index >= 15 is 0 Å². The number of hydrogen-bond acceptors (Lipinski definition) is 5. The lowest BCUT2D eigenvalue weighted by Crippen LogP contribution is -2.56. The zero-order valence-corrected chi connectivity index (χ0v) is 18.5. The first-order valence-electron chi connectivity index (χ1n) is 10.7. The summed E-state index contributed by atoms with van der Waals surface area (Å²) in [6.45, 7) is -0.0582. The van der Waals surface area contributed by atoms with Crippen LogP contribution in [0.3, 0.4) is 0 Å². The standard InChI is InChI=1S/C26H23N3O5/c1-34-25(32)22(16-18-10-4-2-5-11-18)27-26(33)28(17-19-12-6-3-7-13-19)29-23(30)20-14-8-9-15-21(20)24(29)31/h2-15,22H,16-17H2,1H3,(H,27,33). The molecule has 1 N–H and O–H groups in total. The monoisotopic (exact) mass is 457 g/mol. The second-order valence-corrected chi connectivity index (χ2v) is 7.73. The molecular formula is C26H23N3O5. The average molecular weight is 457 g/mol. The second kappa shape index (κ2) is 9.99. The molecule has 0 radical (unpaired) electrons. The van der Waals surface area contributed by atoms with Gasteiger partial charge < -0.3 is 10.1 Å². The van der Waals surface area contributed by atoms with Crippen molar-refractivity contribution in [2.75, 3.05) is 7.11 Å². The molecule has 0 fully saturated rings. The van der Waals surface area contributed by atoms with E-state index < -0.39 is 29.9 Å². The van der Waals surface area contributed by atoms with E-state index in [-0.39, 0.29) is 24.1 Å². The highest BCUT2D eigenvalue weighted by Gasteiger charge is 2.42. The number of nitrogens with zero attached hydrogens (tertiary/aromatic N) is 2. The molecule has 0 saturated carbocycles. The van der Waals surface area contributed by atoms with Crippen LogP contribution in [-0.4, -0.2) is 47.0 Å². The first kappa shape index (κ1) is 22.7. The number of rotatable bonds is 7. The Hall–Kier alpha value is -4.46. The van der Waals surface area contributed by atoms with Crippen LogP contribution in [0.5, 0.6) is 0 Å². The van der Waals surface area contributed by atoms with Crippen molar-refractivity contribution in [2.24, 2.45) is 0 Å². The Labute approximate surface area is 196 Å². The first-order chi connectivity index (χ1) is 16.5. The number of imide groups is 1. The Morgan fingerprint density at radius 3 is 1.85 bits per heavy atom. The highest BCUT2D eigenvalue weighted by atomic mass is 16.5. The van der Waals surface area contributed by atoms with Crippen LogP contribution in [0.4, 0.5) is 4.79 Å². The van der Waals surface area contributed by atoms with Crippen molar-refractivity contribution < 1.29 is 23.9 Å². The van der Waals surface area contributed by atoms with Gasteiger partial charge in [-0.15, -0.1) is 0 Å². The zero-order valence-electron chi connectivity index (χ0n) is 18.5. The van der Waals surface area contributed by atoms with E-state index in [9.17, 15) is 19.2 Å². The number of hydrogen-bond donors (Lipinski definition) is 1. The Kier molecular flexibility index (Phi) is 6.68. The molecule has 0 spiro atoms. The van der Waals surface area contributed by atoms with Crippen molar-refractivity contribution in [1.29, 1.82) is 0 Å². The van der Waals surface area contributed by atoms with Gasteiger partial charge in [-0.1, -0.05) is 72.8 Å². The number of esters is 1. The predicted molar refractivity (Wildman–Crippen MR) is 123 cm³/mol. The summed E-state index contributed by atoms with van der Waals surface area (Å²) >= 11 is 0. The van der Waals surface area contributed by atoms with Crippen LogP contribution < -0.4 is 5.32 Å².